The van der Waals surface area contributed by atoms with E-state index in [4.69, 9.17) is 4.74 Å². The number of ether oxygens (including phenoxy) is 1. The summed E-state index contributed by atoms with van der Waals surface area (Å²) in [5.41, 5.74) is -0.666. The third-order valence-corrected chi connectivity index (χ3v) is 2.22. The molecule has 2 rings (SSSR count). The Labute approximate surface area is 69.1 Å². The van der Waals surface area contributed by atoms with Crippen LogP contribution in [0.15, 0.2) is 4.79 Å². The predicted octanol–water partition coefficient (Wildman–Crippen LogP) is 0.124. The van der Waals surface area contributed by atoms with Crippen molar-refractivity contribution in [2.45, 2.75) is 25.4 Å². The molecule has 0 radical (unpaired) electrons. The third kappa shape index (κ3) is 1.06. The van der Waals surface area contributed by atoms with E-state index in [-0.39, 0.29) is 11.3 Å². The van der Waals surface area contributed by atoms with Crippen LogP contribution in [0.5, 0.6) is 0 Å². The van der Waals surface area contributed by atoms with Crippen molar-refractivity contribution in [3.63, 3.8) is 0 Å². The van der Waals surface area contributed by atoms with Crippen molar-refractivity contribution in [2.24, 2.45) is 0 Å². The van der Waals surface area contributed by atoms with Crippen molar-refractivity contribution >= 4 is 0 Å². The van der Waals surface area contributed by atoms with Gasteiger partial charge in [-0.3, -0.25) is 4.98 Å². The van der Waals surface area contributed by atoms with Crippen molar-refractivity contribution in [3.05, 3.63) is 16.3 Å². The maximum atomic E-state index is 10.8. The zero-order valence-electron chi connectivity index (χ0n) is 6.89. The lowest BCUT2D eigenvalue weighted by molar-refractivity contribution is 0.00958. The average molecular weight is 169 g/mol. The zero-order chi connectivity index (χ0) is 8.60. The van der Waals surface area contributed by atoms with Gasteiger partial charge in [-0.15, -0.1) is 0 Å². The average Bonchev–Trinajstić information content (AvgIpc) is 2.59. The van der Waals surface area contributed by atoms with Crippen LogP contribution in [0.25, 0.3) is 0 Å². The molecule has 1 saturated heterocycles. The second kappa shape index (κ2) is 2.45. The van der Waals surface area contributed by atoms with Crippen molar-refractivity contribution in [1.29, 1.82) is 0 Å². The molecule has 5 heteroatoms. The molecule has 0 spiro atoms. The Morgan fingerprint density at radius 2 is 2.50 bits per heavy atom. The summed E-state index contributed by atoms with van der Waals surface area (Å²) in [6.07, 6.45) is 1.93. The predicted molar refractivity (Wildman–Crippen MR) is 41.7 cm³/mol. The Hall–Kier alpha value is -1.10. The van der Waals surface area contributed by atoms with Crippen LogP contribution < -0.4 is 5.69 Å². The van der Waals surface area contributed by atoms with Gasteiger partial charge in [-0.25, -0.2) is 9.89 Å². The van der Waals surface area contributed by atoms with E-state index in [0.717, 1.165) is 19.4 Å². The third-order valence-electron chi connectivity index (χ3n) is 2.22. The number of aromatic nitrogens is 3. The summed E-state index contributed by atoms with van der Waals surface area (Å²) >= 11 is 0. The van der Waals surface area contributed by atoms with Gasteiger partial charge < -0.3 is 4.74 Å². The van der Waals surface area contributed by atoms with Gasteiger partial charge in [0.15, 0.2) is 5.82 Å². The quantitative estimate of drug-likeness (QED) is 0.627. The fraction of sp³-hybridized carbons (Fsp3) is 0.714. The van der Waals surface area contributed by atoms with E-state index < -0.39 is 0 Å². The van der Waals surface area contributed by atoms with Crippen LogP contribution in [0.4, 0.5) is 0 Å². The molecule has 0 saturated carbocycles. The number of hydrogen-bond acceptors (Lipinski definition) is 3. The Balaban J connectivity index is 2.34. The van der Waals surface area contributed by atoms with Gasteiger partial charge >= 0.3 is 5.69 Å². The molecule has 1 aromatic heterocycles. The largest absolute Gasteiger partial charge is 0.367 e. The smallest absolute Gasteiger partial charge is 0.340 e. The molecule has 0 aromatic carbocycles. The van der Waals surface area contributed by atoms with Gasteiger partial charge in [0.1, 0.15) is 5.60 Å². The van der Waals surface area contributed by atoms with Crippen molar-refractivity contribution in [1.82, 2.24) is 15.2 Å². The van der Waals surface area contributed by atoms with Gasteiger partial charge in [-0.1, -0.05) is 0 Å². The topological polar surface area (TPSA) is 70.8 Å². The molecule has 1 aromatic rings. The van der Waals surface area contributed by atoms with Gasteiger partial charge in [-0.05, 0) is 19.8 Å². The van der Waals surface area contributed by atoms with E-state index in [1.54, 1.807) is 0 Å². The molecule has 5 nitrogen and oxygen atoms in total. The highest BCUT2D eigenvalue weighted by Gasteiger charge is 2.34. The molecule has 0 amide bonds. The highest BCUT2D eigenvalue weighted by Crippen LogP contribution is 2.32. The molecule has 2 heterocycles. The van der Waals surface area contributed by atoms with Crippen LogP contribution in [0.3, 0.4) is 0 Å². The Morgan fingerprint density at radius 3 is 3.00 bits per heavy atom. The lowest BCUT2D eigenvalue weighted by Gasteiger charge is -2.18. The van der Waals surface area contributed by atoms with Crippen molar-refractivity contribution < 1.29 is 4.74 Å². The van der Waals surface area contributed by atoms with Crippen LogP contribution in [0, 0.1) is 0 Å². The molecule has 0 bridgehead atoms. The standard InChI is InChI=1S/C7H11N3O2/c1-7(3-2-4-12-7)5-8-6(11)10-9-5/h2-4H2,1H3,(H2,8,9,10,11). The summed E-state index contributed by atoms with van der Waals surface area (Å²) in [6.45, 7) is 2.68. The first-order valence-electron chi connectivity index (χ1n) is 4.00. The molecular weight excluding hydrogens is 158 g/mol. The minimum Gasteiger partial charge on any atom is -0.367 e. The first-order valence-corrected chi connectivity index (χ1v) is 4.00. The van der Waals surface area contributed by atoms with Crippen LogP contribution in [-0.2, 0) is 10.3 Å². The molecule has 66 valence electrons. The first-order chi connectivity index (χ1) is 5.71. The van der Waals surface area contributed by atoms with Gasteiger partial charge in [0.25, 0.3) is 0 Å². The van der Waals surface area contributed by atoms with Crippen LogP contribution >= 0.6 is 0 Å². The Bertz CT molecular complexity index is 321. The molecule has 12 heavy (non-hydrogen) atoms. The summed E-state index contributed by atoms with van der Waals surface area (Å²) in [7, 11) is 0. The van der Waals surface area contributed by atoms with Crippen molar-refractivity contribution in [3.8, 4) is 0 Å². The summed E-state index contributed by atoms with van der Waals surface area (Å²) in [6, 6.07) is 0. The van der Waals surface area contributed by atoms with Gasteiger partial charge in [0.05, 0.1) is 0 Å². The van der Waals surface area contributed by atoms with Gasteiger partial charge in [0, 0.05) is 6.61 Å². The summed E-state index contributed by atoms with van der Waals surface area (Å²) in [5.74, 6) is 0.602. The number of rotatable bonds is 1. The molecule has 1 atom stereocenters. The molecule has 1 aliphatic heterocycles. The Kier molecular flexibility index (Phi) is 1.54. The van der Waals surface area contributed by atoms with Crippen molar-refractivity contribution in [2.75, 3.05) is 6.61 Å². The van der Waals surface area contributed by atoms with Crippen LogP contribution in [0.2, 0.25) is 0 Å². The van der Waals surface area contributed by atoms with E-state index in [2.05, 4.69) is 15.2 Å². The second-order valence-electron chi connectivity index (χ2n) is 3.21. The summed E-state index contributed by atoms with van der Waals surface area (Å²) in [4.78, 5) is 13.4. The number of hydrogen-bond donors (Lipinski definition) is 2. The lowest BCUT2D eigenvalue weighted by Crippen LogP contribution is -2.22. The highest BCUT2D eigenvalue weighted by atomic mass is 16.5. The SMILES string of the molecule is CC1(c2n[nH]c(=O)[nH]2)CCCO1. The fourth-order valence-corrected chi connectivity index (χ4v) is 1.49. The molecular formula is C7H11N3O2. The molecule has 2 N–H and O–H groups in total. The zero-order valence-corrected chi connectivity index (χ0v) is 6.89. The normalized spacial score (nSPS) is 29.4. The van der Waals surface area contributed by atoms with E-state index in [1.165, 1.54) is 0 Å². The van der Waals surface area contributed by atoms with Gasteiger partial charge in [0.2, 0.25) is 0 Å². The van der Waals surface area contributed by atoms with Crippen LogP contribution in [-0.4, -0.2) is 21.8 Å². The van der Waals surface area contributed by atoms with E-state index in [0.29, 0.717) is 5.82 Å². The number of nitrogens with zero attached hydrogens (tertiary/aromatic N) is 1. The monoisotopic (exact) mass is 169 g/mol. The minimum absolute atomic E-state index is 0.276. The van der Waals surface area contributed by atoms with E-state index in [9.17, 15) is 4.79 Å². The number of nitrogens with one attached hydrogen (secondary N) is 2. The molecule has 1 fully saturated rings. The maximum Gasteiger partial charge on any atom is 0.340 e. The number of H-pyrrole nitrogens is 2. The fourth-order valence-electron chi connectivity index (χ4n) is 1.49. The first kappa shape index (κ1) is 7.54. The highest BCUT2D eigenvalue weighted by molar-refractivity contribution is 4.99. The van der Waals surface area contributed by atoms with E-state index in [1.807, 2.05) is 6.92 Å². The molecule has 1 unspecified atom stereocenters. The number of aromatic amines is 2. The second-order valence-corrected chi connectivity index (χ2v) is 3.21. The molecule has 1 aliphatic rings. The van der Waals surface area contributed by atoms with Gasteiger partial charge in [-0.2, -0.15) is 5.10 Å². The summed E-state index contributed by atoms with van der Waals surface area (Å²) in [5, 5.41) is 6.18. The minimum atomic E-state index is -0.390. The molecule has 0 aliphatic carbocycles. The lowest BCUT2D eigenvalue weighted by atomic mass is 10.0. The van der Waals surface area contributed by atoms with Crippen LogP contribution in [0.1, 0.15) is 25.6 Å². The van der Waals surface area contributed by atoms with E-state index >= 15 is 0 Å². The summed E-state index contributed by atoms with van der Waals surface area (Å²) < 4.78 is 5.49. The maximum absolute atomic E-state index is 10.8. The Morgan fingerprint density at radius 1 is 1.67 bits per heavy atom.